The second-order valence-corrected chi connectivity index (χ2v) is 8.21. The van der Waals surface area contributed by atoms with E-state index in [0.717, 1.165) is 5.56 Å². The first kappa shape index (κ1) is 21.2. The smallest absolute Gasteiger partial charge is 0.251 e. The maximum absolute atomic E-state index is 12.6. The van der Waals surface area contributed by atoms with Crippen molar-refractivity contribution in [2.45, 2.75) is 6.42 Å². The number of amides is 1. The van der Waals surface area contributed by atoms with Crippen molar-refractivity contribution in [3.05, 3.63) is 88.2 Å². The molecule has 3 aromatic carbocycles. The van der Waals surface area contributed by atoms with Gasteiger partial charge in [-0.25, -0.2) is 9.97 Å². The SMILES string of the molecule is O=C(NCCc1nc(-c2ccccc2)n[nH]1)c1ccc2nc(-c3cc(Cl)cc(Cl)c3)oc2c1. The summed E-state index contributed by atoms with van der Waals surface area (Å²) in [5, 5.41) is 11.0. The number of carbonyl (C=O) groups excluding carboxylic acids is 1. The van der Waals surface area contributed by atoms with Gasteiger partial charge < -0.3 is 9.73 Å². The summed E-state index contributed by atoms with van der Waals surface area (Å²) >= 11 is 12.1. The highest BCUT2D eigenvalue weighted by molar-refractivity contribution is 6.35. The van der Waals surface area contributed by atoms with E-state index >= 15 is 0 Å². The number of rotatable bonds is 6. The first-order valence-corrected chi connectivity index (χ1v) is 10.9. The molecule has 0 aliphatic rings. The topological polar surface area (TPSA) is 96.7 Å². The van der Waals surface area contributed by atoms with Crippen molar-refractivity contribution >= 4 is 40.2 Å². The highest BCUT2D eigenvalue weighted by Gasteiger charge is 2.13. The van der Waals surface area contributed by atoms with Crippen LogP contribution in [0.5, 0.6) is 0 Å². The van der Waals surface area contributed by atoms with E-state index in [-0.39, 0.29) is 5.91 Å². The predicted octanol–water partition coefficient (Wildman–Crippen LogP) is 5.56. The summed E-state index contributed by atoms with van der Waals surface area (Å²) < 4.78 is 5.84. The Morgan fingerprint density at radius 3 is 2.52 bits per heavy atom. The molecule has 0 atom stereocenters. The highest BCUT2D eigenvalue weighted by atomic mass is 35.5. The van der Waals surface area contributed by atoms with Gasteiger partial charge in [0.2, 0.25) is 5.89 Å². The van der Waals surface area contributed by atoms with E-state index in [4.69, 9.17) is 27.6 Å². The van der Waals surface area contributed by atoms with Gasteiger partial charge in [-0.1, -0.05) is 53.5 Å². The molecule has 0 unspecified atom stereocenters. The molecule has 2 N–H and O–H groups in total. The lowest BCUT2D eigenvalue weighted by molar-refractivity contribution is 0.0954. The molecule has 5 rings (SSSR count). The molecule has 0 saturated carbocycles. The fraction of sp³-hybridized carbons (Fsp3) is 0.0833. The van der Waals surface area contributed by atoms with E-state index in [2.05, 4.69) is 25.5 Å². The molecule has 0 aliphatic carbocycles. The Hall–Kier alpha value is -3.68. The van der Waals surface area contributed by atoms with Gasteiger partial charge in [0.1, 0.15) is 11.3 Å². The Labute approximate surface area is 198 Å². The molecule has 2 aromatic heterocycles. The van der Waals surface area contributed by atoms with Crippen LogP contribution in [0.4, 0.5) is 0 Å². The lowest BCUT2D eigenvalue weighted by Gasteiger charge is -2.03. The molecule has 33 heavy (non-hydrogen) atoms. The molecule has 0 saturated heterocycles. The second-order valence-electron chi connectivity index (χ2n) is 7.34. The number of halogens is 2. The van der Waals surface area contributed by atoms with Crippen molar-refractivity contribution in [2.75, 3.05) is 6.54 Å². The fourth-order valence-corrected chi connectivity index (χ4v) is 3.91. The third-order valence-electron chi connectivity index (χ3n) is 4.97. The maximum Gasteiger partial charge on any atom is 0.251 e. The zero-order chi connectivity index (χ0) is 22.8. The van der Waals surface area contributed by atoms with Gasteiger partial charge in [0.25, 0.3) is 5.91 Å². The predicted molar refractivity (Wildman–Crippen MR) is 127 cm³/mol. The molecule has 7 nitrogen and oxygen atoms in total. The van der Waals surface area contributed by atoms with E-state index in [1.807, 2.05) is 30.3 Å². The maximum atomic E-state index is 12.6. The average Bonchev–Trinajstić information content (AvgIpc) is 3.46. The summed E-state index contributed by atoms with van der Waals surface area (Å²) in [5.41, 5.74) is 3.20. The number of aromatic amines is 1. The number of H-pyrrole nitrogens is 1. The van der Waals surface area contributed by atoms with Gasteiger partial charge >= 0.3 is 0 Å². The lowest BCUT2D eigenvalue weighted by atomic mass is 10.2. The number of nitrogens with one attached hydrogen (secondary N) is 2. The Balaban J connectivity index is 1.25. The Morgan fingerprint density at radius 1 is 0.939 bits per heavy atom. The van der Waals surface area contributed by atoms with Crippen LogP contribution in [-0.4, -0.2) is 32.6 Å². The lowest BCUT2D eigenvalue weighted by Crippen LogP contribution is -2.25. The summed E-state index contributed by atoms with van der Waals surface area (Å²) in [4.78, 5) is 21.6. The zero-order valence-corrected chi connectivity index (χ0v) is 18.7. The van der Waals surface area contributed by atoms with Gasteiger partial charge in [0.05, 0.1) is 0 Å². The normalized spacial score (nSPS) is 11.1. The van der Waals surface area contributed by atoms with Gasteiger partial charge in [-0.15, -0.1) is 0 Å². The number of nitrogens with zero attached hydrogens (tertiary/aromatic N) is 3. The van der Waals surface area contributed by atoms with Crippen molar-refractivity contribution < 1.29 is 9.21 Å². The molecule has 9 heteroatoms. The summed E-state index contributed by atoms with van der Waals surface area (Å²) in [6.07, 6.45) is 0.524. The van der Waals surface area contributed by atoms with Crippen LogP contribution in [0.1, 0.15) is 16.2 Å². The summed E-state index contributed by atoms with van der Waals surface area (Å²) in [5.74, 6) is 1.49. The molecular weight excluding hydrogens is 461 g/mol. The Bertz CT molecular complexity index is 1430. The van der Waals surface area contributed by atoms with Gasteiger partial charge in [-0.2, -0.15) is 5.10 Å². The standard InChI is InChI=1S/C24H17Cl2N5O2/c25-17-10-16(11-18(26)13-17)24-28-19-7-6-15(12-20(19)33-24)23(32)27-9-8-21-29-22(31-30-21)14-4-2-1-3-5-14/h1-7,10-13H,8-9H2,(H,27,32)(H,29,30,31). The fourth-order valence-electron chi connectivity index (χ4n) is 3.39. The quantitative estimate of drug-likeness (QED) is 0.333. The van der Waals surface area contributed by atoms with Crippen molar-refractivity contribution in [3.8, 4) is 22.8 Å². The molecular formula is C24H17Cl2N5O2. The number of hydrogen-bond donors (Lipinski definition) is 2. The van der Waals surface area contributed by atoms with E-state index < -0.39 is 0 Å². The first-order chi connectivity index (χ1) is 16.0. The monoisotopic (exact) mass is 477 g/mol. The van der Waals surface area contributed by atoms with Gasteiger partial charge in [0.15, 0.2) is 11.4 Å². The highest BCUT2D eigenvalue weighted by Crippen LogP contribution is 2.29. The van der Waals surface area contributed by atoms with Crippen LogP contribution >= 0.6 is 23.2 Å². The molecule has 164 valence electrons. The van der Waals surface area contributed by atoms with Crippen LogP contribution in [0.3, 0.4) is 0 Å². The van der Waals surface area contributed by atoms with Crippen LogP contribution < -0.4 is 5.32 Å². The van der Waals surface area contributed by atoms with Crippen LogP contribution in [0.15, 0.2) is 71.1 Å². The Kier molecular flexibility index (Phi) is 5.81. The van der Waals surface area contributed by atoms with Crippen molar-refractivity contribution in [1.82, 2.24) is 25.5 Å². The van der Waals surface area contributed by atoms with E-state index in [1.165, 1.54) is 0 Å². The van der Waals surface area contributed by atoms with E-state index in [1.54, 1.807) is 36.4 Å². The van der Waals surface area contributed by atoms with Crippen molar-refractivity contribution in [2.24, 2.45) is 0 Å². The third kappa shape index (κ3) is 4.74. The van der Waals surface area contributed by atoms with Crippen molar-refractivity contribution in [3.63, 3.8) is 0 Å². The van der Waals surface area contributed by atoms with Gasteiger partial charge in [-0.3, -0.25) is 9.89 Å². The van der Waals surface area contributed by atoms with E-state index in [9.17, 15) is 4.79 Å². The molecule has 5 aromatic rings. The van der Waals surface area contributed by atoms with E-state index in [0.29, 0.717) is 62.8 Å². The van der Waals surface area contributed by atoms with Crippen LogP contribution in [0.25, 0.3) is 33.9 Å². The number of fused-ring (bicyclic) bond motifs is 1. The average molecular weight is 478 g/mol. The minimum atomic E-state index is -0.219. The van der Waals surface area contributed by atoms with Crippen molar-refractivity contribution in [1.29, 1.82) is 0 Å². The summed E-state index contributed by atoms with van der Waals surface area (Å²) in [6, 6.07) is 19.9. The number of benzene rings is 3. The molecule has 0 spiro atoms. The van der Waals surface area contributed by atoms with Gasteiger partial charge in [-0.05, 0) is 36.4 Å². The summed E-state index contributed by atoms with van der Waals surface area (Å²) in [6.45, 7) is 0.406. The molecule has 2 heterocycles. The minimum absolute atomic E-state index is 0.219. The molecule has 0 bridgehead atoms. The number of aromatic nitrogens is 4. The number of hydrogen-bond acceptors (Lipinski definition) is 5. The number of carbonyl (C=O) groups is 1. The Morgan fingerprint density at radius 2 is 1.73 bits per heavy atom. The minimum Gasteiger partial charge on any atom is -0.436 e. The third-order valence-corrected chi connectivity index (χ3v) is 5.41. The van der Waals surface area contributed by atoms with Crippen LogP contribution in [0.2, 0.25) is 10.0 Å². The largest absolute Gasteiger partial charge is 0.436 e. The van der Waals surface area contributed by atoms with Crippen LogP contribution in [0, 0.1) is 0 Å². The molecule has 1 amide bonds. The second kappa shape index (κ2) is 9.05. The summed E-state index contributed by atoms with van der Waals surface area (Å²) in [7, 11) is 0. The zero-order valence-electron chi connectivity index (χ0n) is 17.2. The van der Waals surface area contributed by atoms with Gasteiger partial charge in [0, 0.05) is 39.7 Å². The number of oxazole rings is 1. The van der Waals surface area contributed by atoms with Crippen LogP contribution in [-0.2, 0) is 6.42 Å². The molecule has 0 radical (unpaired) electrons. The molecule has 0 aliphatic heterocycles. The first-order valence-electron chi connectivity index (χ1n) is 10.2. The molecule has 0 fully saturated rings.